The Hall–Kier alpha value is -1.46. The molecule has 0 saturated heterocycles. The molecule has 23 heavy (non-hydrogen) atoms. The molecule has 4 nitrogen and oxygen atoms in total. The minimum absolute atomic E-state index is 0.0849. The molecule has 0 aliphatic rings. The van der Waals surface area contributed by atoms with Crippen molar-refractivity contribution >= 4 is 58.3 Å². The van der Waals surface area contributed by atoms with Gasteiger partial charge in [0.25, 0.3) is 5.91 Å². The molecule has 0 radical (unpaired) electrons. The van der Waals surface area contributed by atoms with Crippen LogP contribution in [0.4, 0.5) is 0 Å². The van der Waals surface area contributed by atoms with Crippen molar-refractivity contribution in [3.05, 3.63) is 67.1 Å². The van der Waals surface area contributed by atoms with Crippen molar-refractivity contribution in [2.24, 2.45) is 0 Å². The van der Waals surface area contributed by atoms with Crippen LogP contribution in [-0.2, 0) is 6.54 Å². The molecule has 2 aromatic carbocycles. The van der Waals surface area contributed by atoms with Gasteiger partial charge in [0.2, 0.25) is 0 Å². The van der Waals surface area contributed by atoms with Crippen LogP contribution in [0.3, 0.4) is 0 Å². The van der Waals surface area contributed by atoms with Gasteiger partial charge in [-0.1, -0.05) is 52.5 Å². The molecule has 0 aromatic heterocycles. The molecule has 0 aliphatic heterocycles. The number of carboxylic acid groups (broad SMARTS) is 1. The highest BCUT2D eigenvalue weighted by atomic mass is 35.5. The van der Waals surface area contributed by atoms with Gasteiger partial charge < -0.3 is 10.4 Å². The van der Waals surface area contributed by atoms with Gasteiger partial charge in [0.05, 0.1) is 31.2 Å². The van der Waals surface area contributed by atoms with E-state index in [0.29, 0.717) is 10.0 Å². The van der Waals surface area contributed by atoms with E-state index in [1.54, 1.807) is 18.2 Å². The van der Waals surface area contributed by atoms with Crippen LogP contribution in [0.15, 0.2) is 30.3 Å². The predicted octanol–water partition coefficient (Wildman–Crippen LogP) is 4.93. The molecule has 0 saturated carbocycles. The van der Waals surface area contributed by atoms with Crippen LogP contribution in [-0.4, -0.2) is 17.0 Å². The van der Waals surface area contributed by atoms with Crippen molar-refractivity contribution < 1.29 is 14.7 Å². The van der Waals surface area contributed by atoms with Crippen molar-refractivity contribution in [1.82, 2.24) is 5.32 Å². The first-order chi connectivity index (χ1) is 10.8. The molecular weight excluding hydrogens is 384 g/mol. The number of carbonyl (C=O) groups is 2. The Morgan fingerprint density at radius 3 is 2.13 bits per heavy atom. The highest BCUT2D eigenvalue weighted by Gasteiger charge is 2.18. The summed E-state index contributed by atoms with van der Waals surface area (Å²) in [6.07, 6.45) is 0. The van der Waals surface area contributed by atoms with Gasteiger partial charge in [-0.25, -0.2) is 4.79 Å². The van der Waals surface area contributed by atoms with E-state index in [1.165, 1.54) is 12.1 Å². The van der Waals surface area contributed by atoms with Crippen molar-refractivity contribution in [1.29, 1.82) is 0 Å². The maximum absolute atomic E-state index is 12.2. The molecule has 120 valence electrons. The number of rotatable bonds is 4. The maximum atomic E-state index is 12.2. The van der Waals surface area contributed by atoms with Gasteiger partial charge in [0.1, 0.15) is 0 Å². The van der Waals surface area contributed by atoms with Gasteiger partial charge in [-0.3, -0.25) is 4.79 Å². The summed E-state index contributed by atoms with van der Waals surface area (Å²) >= 11 is 23.6. The Morgan fingerprint density at radius 1 is 0.913 bits per heavy atom. The summed E-state index contributed by atoms with van der Waals surface area (Å²) in [4.78, 5) is 23.1. The number of carboxylic acids is 1. The molecule has 2 aromatic rings. The Labute approximate surface area is 151 Å². The highest BCUT2D eigenvalue weighted by molar-refractivity contribution is 6.45. The standard InChI is InChI=1S/C15H9Cl4NO3/c16-10-4-1-7(5-11(10)17)6-20-14(21)8-2-3-9(15(22)23)13(19)12(8)18/h1-5H,6H2,(H,20,21)(H,22,23). The number of hydrogen-bond donors (Lipinski definition) is 2. The summed E-state index contributed by atoms with van der Waals surface area (Å²) in [5, 5.41) is 12.1. The Balaban J connectivity index is 2.16. The SMILES string of the molecule is O=C(O)c1ccc(C(=O)NCc2ccc(Cl)c(Cl)c2)c(Cl)c1Cl. The number of amides is 1. The molecule has 1 amide bonds. The Kier molecular flexibility index (Phi) is 5.76. The molecular formula is C15H9Cl4NO3. The van der Waals surface area contributed by atoms with Crippen LogP contribution in [0.5, 0.6) is 0 Å². The summed E-state index contributed by atoms with van der Waals surface area (Å²) in [5.41, 5.74) is 0.663. The van der Waals surface area contributed by atoms with Crippen LogP contribution in [0.1, 0.15) is 26.3 Å². The topological polar surface area (TPSA) is 66.4 Å². The Bertz CT molecular complexity index is 793. The lowest BCUT2D eigenvalue weighted by Crippen LogP contribution is -2.23. The molecule has 0 spiro atoms. The fourth-order valence-electron chi connectivity index (χ4n) is 1.82. The largest absolute Gasteiger partial charge is 0.478 e. The van der Waals surface area contributed by atoms with Crippen molar-refractivity contribution in [3.8, 4) is 0 Å². The summed E-state index contributed by atoms with van der Waals surface area (Å²) in [7, 11) is 0. The minimum atomic E-state index is -1.22. The van der Waals surface area contributed by atoms with E-state index in [0.717, 1.165) is 5.56 Å². The summed E-state index contributed by atoms with van der Waals surface area (Å²) in [6.45, 7) is 0.199. The van der Waals surface area contributed by atoms with Crippen LogP contribution < -0.4 is 5.32 Å². The van der Waals surface area contributed by atoms with Gasteiger partial charge >= 0.3 is 5.97 Å². The molecule has 2 rings (SSSR count). The molecule has 2 N–H and O–H groups in total. The zero-order chi connectivity index (χ0) is 17.1. The quantitative estimate of drug-likeness (QED) is 0.775. The molecule has 0 fully saturated rings. The first kappa shape index (κ1) is 17.9. The van der Waals surface area contributed by atoms with Gasteiger partial charge in [0, 0.05) is 6.54 Å². The first-order valence-corrected chi connectivity index (χ1v) is 7.76. The van der Waals surface area contributed by atoms with Crippen molar-refractivity contribution in [2.75, 3.05) is 0 Å². The van der Waals surface area contributed by atoms with E-state index in [-0.39, 0.29) is 27.7 Å². The second-order valence-electron chi connectivity index (χ2n) is 4.52. The average molecular weight is 393 g/mol. The second kappa shape index (κ2) is 7.41. The van der Waals surface area contributed by atoms with E-state index in [2.05, 4.69) is 5.32 Å². The smallest absolute Gasteiger partial charge is 0.337 e. The average Bonchev–Trinajstić information content (AvgIpc) is 2.50. The van der Waals surface area contributed by atoms with E-state index in [9.17, 15) is 9.59 Å². The second-order valence-corrected chi connectivity index (χ2v) is 6.10. The Morgan fingerprint density at radius 2 is 1.52 bits per heavy atom. The third-order valence-electron chi connectivity index (χ3n) is 2.99. The lowest BCUT2D eigenvalue weighted by Gasteiger charge is -2.10. The molecule has 8 heteroatoms. The zero-order valence-corrected chi connectivity index (χ0v) is 14.4. The fraction of sp³-hybridized carbons (Fsp3) is 0.0667. The number of aromatic carboxylic acids is 1. The van der Waals surface area contributed by atoms with E-state index in [4.69, 9.17) is 51.5 Å². The van der Waals surface area contributed by atoms with Crippen molar-refractivity contribution in [3.63, 3.8) is 0 Å². The normalized spacial score (nSPS) is 10.4. The summed E-state index contributed by atoms with van der Waals surface area (Å²) in [5.74, 6) is -1.71. The predicted molar refractivity (Wildman–Crippen MR) is 91.1 cm³/mol. The third-order valence-corrected chi connectivity index (χ3v) is 4.62. The van der Waals surface area contributed by atoms with Gasteiger partial charge in [0.15, 0.2) is 0 Å². The van der Waals surface area contributed by atoms with E-state index < -0.39 is 11.9 Å². The molecule has 0 heterocycles. The van der Waals surface area contributed by atoms with E-state index >= 15 is 0 Å². The van der Waals surface area contributed by atoms with E-state index in [1.807, 2.05) is 0 Å². The van der Waals surface area contributed by atoms with Crippen LogP contribution >= 0.6 is 46.4 Å². The number of carbonyl (C=O) groups excluding carboxylic acids is 1. The monoisotopic (exact) mass is 391 g/mol. The number of halogens is 4. The van der Waals surface area contributed by atoms with Crippen LogP contribution in [0.2, 0.25) is 20.1 Å². The summed E-state index contributed by atoms with van der Waals surface area (Å²) < 4.78 is 0. The summed E-state index contributed by atoms with van der Waals surface area (Å²) in [6, 6.07) is 7.51. The lowest BCUT2D eigenvalue weighted by molar-refractivity contribution is 0.0696. The number of nitrogens with one attached hydrogen (secondary N) is 1. The molecule has 0 aliphatic carbocycles. The van der Waals surface area contributed by atoms with Crippen LogP contribution in [0.25, 0.3) is 0 Å². The minimum Gasteiger partial charge on any atom is -0.478 e. The first-order valence-electron chi connectivity index (χ1n) is 6.24. The maximum Gasteiger partial charge on any atom is 0.337 e. The van der Waals surface area contributed by atoms with Gasteiger partial charge in [-0.05, 0) is 29.8 Å². The van der Waals surface area contributed by atoms with Crippen LogP contribution in [0, 0.1) is 0 Å². The van der Waals surface area contributed by atoms with Gasteiger partial charge in [-0.15, -0.1) is 0 Å². The molecule has 0 bridgehead atoms. The van der Waals surface area contributed by atoms with Gasteiger partial charge in [-0.2, -0.15) is 0 Å². The lowest BCUT2D eigenvalue weighted by atomic mass is 10.1. The molecule has 0 atom stereocenters. The highest BCUT2D eigenvalue weighted by Crippen LogP contribution is 2.30. The zero-order valence-electron chi connectivity index (χ0n) is 11.4. The van der Waals surface area contributed by atoms with Crippen molar-refractivity contribution in [2.45, 2.75) is 6.54 Å². The number of benzene rings is 2. The third kappa shape index (κ3) is 4.09. The molecule has 0 unspecified atom stereocenters. The fourth-order valence-corrected chi connectivity index (χ4v) is 2.63. The number of hydrogen-bond acceptors (Lipinski definition) is 2.